The molecule has 1 amide bonds. The van der Waals surface area contributed by atoms with Crippen LogP contribution in [-0.4, -0.2) is 51.6 Å². The standard InChI is InChI=1S/C17H23N5O2/c1-12(23)22-8-14(15-9-21(2)11-19-15)16(10-22)18-7-13-5-4-6-17(20-13)24-3/h4-6,9,11,14,16,18H,7-8,10H2,1-3H3/t14-,16+/m0/s1. The minimum atomic E-state index is 0.0970. The van der Waals surface area contributed by atoms with E-state index >= 15 is 0 Å². The number of nitrogens with one attached hydrogen (secondary N) is 1. The second-order valence-electron chi connectivity index (χ2n) is 6.15. The van der Waals surface area contributed by atoms with Crippen molar-refractivity contribution >= 4 is 5.91 Å². The number of ether oxygens (including phenoxy) is 1. The van der Waals surface area contributed by atoms with Crippen LogP contribution in [0.3, 0.4) is 0 Å². The Bertz CT molecular complexity index is 715. The van der Waals surface area contributed by atoms with Crippen LogP contribution < -0.4 is 10.1 Å². The first kappa shape index (κ1) is 16.4. The maximum absolute atomic E-state index is 11.8. The number of aromatic nitrogens is 3. The summed E-state index contributed by atoms with van der Waals surface area (Å²) in [5.74, 6) is 0.882. The largest absolute Gasteiger partial charge is 0.481 e. The van der Waals surface area contributed by atoms with E-state index in [1.807, 2.05) is 40.9 Å². The van der Waals surface area contributed by atoms with E-state index in [1.54, 1.807) is 20.4 Å². The lowest BCUT2D eigenvalue weighted by atomic mass is 10.0. The van der Waals surface area contributed by atoms with Crippen molar-refractivity contribution in [1.29, 1.82) is 0 Å². The smallest absolute Gasteiger partial charge is 0.219 e. The van der Waals surface area contributed by atoms with E-state index in [0.717, 1.165) is 11.4 Å². The molecule has 1 fully saturated rings. The van der Waals surface area contributed by atoms with Gasteiger partial charge in [-0.05, 0) is 6.07 Å². The SMILES string of the molecule is COc1cccc(CN[C@@H]2CN(C(C)=O)C[C@H]2c2cn(C)cn2)n1. The number of nitrogens with zero attached hydrogens (tertiary/aromatic N) is 4. The van der Waals surface area contributed by atoms with Gasteiger partial charge in [-0.1, -0.05) is 6.07 Å². The van der Waals surface area contributed by atoms with Crippen LogP contribution in [0.2, 0.25) is 0 Å². The molecule has 1 N–H and O–H groups in total. The fourth-order valence-electron chi connectivity index (χ4n) is 3.10. The molecule has 0 unspecified atom stereocenters. The highest BCUT2D eigenvalue weighted by Gasteiger charge is 2.36. The number of pyridine rings is 1. The number of carbonyl (C=O) groups excluding carboxylic acids is 1. The first-order valence-corrected chi connectivity index (χ1v) is 8.03. The molecule has 7 heteroatoms. The summed E-state index contributed by atoms with van der Waals surface area (Å²) in [6, 6.07) is 5.86. The van der Waals surface area contributed by atoms with Crippen molar-refractivity contribution in [2.45, 2.75) is 25.4 Å². The lowest BCUT2D eigenvalue weighted by molar-refractivity contribution is -0.127. The summed E-state index contributed by atoms with van der Waals surface area (Å²) in [4.78, 5) is 22.5. The summed E-state index contributed by atoms with van der Waals surface area (Å²) in [7, 11) is 3.56. The summed E-state index contributed by atoms with van der Waals surface area (Å²) in [6.45, 7) is 3.61. The zero-order chi connectivity index (χ0) is 17.1. The Hall–Kier alpha value is -2.41. The van der Waals surface area contributed by atoms with Gasteiger partial charge in [0.25, 0.3) is 0 Å². The minimum Gasteiger partial charge on any atom is -0.481 e. The Morgan fingerprint density at radius 1 is 1.42 bits per heavy atom. The average Bonchev–Trinajstić information content (AvgIpc) is 3.19. The van der Waals surface area contributed by atoms with Gasteiger partial charge in [0.05, 0.1) is 24.8 Å². The van der Waals surface area contributed by atoms with Crippen LogP contribution >= 0.6 is 0 Å². The Labute approximate surface area is 141 Å². The van der Waals surface area contributed by atoms with E-state index in [-0.39, 0.29) is 17.9 Å². The number of rotatable bonds is 5. The van der Waals surface area contributed by atoms with Crippen LogP contribution in [0.4, 0.5) is 0 Å². The predicted molar refractivity (Wildman–Crippen MR) is 89.6 cm³/mol. The highest BCUT2D eigenvalue weighted by molar-refractivity contribution is 5.73. The lowest BCUT2D eigenvalue weighted by Gasteiger charge is -2.18. The Morgan fingerprint density at radius 2 is 2.25 bits per heavy atom. The van der Waals surface area contributed by atoms with Crippen LogP contribution in [0, 0.1) is 0 Å². The number of amides is 1. The molecule has 0 saturated carbocycles. The number of aryl methyl sites for hydroxylation is 1. The first-order valence-electron chi connectivity index (χ1n) is 8.03. The third kappa shape index (κ3) is 3.56. The third-order valence-electron chi connectivity index (χ3n) is 4.41. The Morgan fingerprint density at radius 3 is 2.92 bits per heavy atom. The molecule has 2 aromatic heterocycles. The Balaban J connectivity index is 1.72. The van der Waals surface area contributed by atoms with Crippen LogP contribution in [0.15, 0.2) is 30.7 Å². The lowest BCUT2D eigenvalue weighted by Crippen LogP contribution is -2.36. The van der Waals surface area contributed by atoms with Gasteiger partial charge in [0.2, 0.25) is 11.8 Å². The van der Waals surface area contributed by atoms with Gasteiger partial charge in [0.15, 0.2) is 0 Å². The molecule has 3 heterocycles. The molecule has 1 saturated heterocycles. The zero-order valence-electron chi connectivity index (χ0n) is 14.3. The molecule has 7 nitrogen and oxygen atoms in total. The van der Waals surface area contributed by atoms with Crippen molar-refractivity contribution in [2.24, 2.45) is 7.05 Å². The fraction of sp³-hybridized carbons (Fsp3) is 0.471. The quantitative estimate of drug-likeness (QED) is 0.883. The van der Waals surface area contributed by atoms with Crippen molar-refractivity contribution in [2.75, 3.05) is 20.2 Å². The monoisotopic (exact) mass is 329 g/mol. The molecule has 0 bridgehead atoms. The van der Waals surface area contributed by atoms with Crippen LogP contribution in [-0.2, 0) is 18.4 Å². The minimum absolute atomic E-state index is 0.0970. The van der Waals surface area contributed by atoms with E-state index in [1.165, 1.54) is 0 Å². The van der Waals surface area contributed by atoms with E-state index in [2.05, 4.69) is 15.3 Å². The number of carbonyl (C=O) groups is 1. The molecule has 0 spiro atoms. The number of hydrogen-bond donors (Lipinski definition) is 1. The molecule has 2 atom stereocenters. The second kappa shape index (κ2) is 7.00. The molecule has 24 heavy (non-hydrogen) atoms. The molecule has 1 aliphatic heterocycles. The summed E-state index contributed by atoms with van der Waals surface area (Å²) in [5, 5.41) is 3.53. The maximum Gasteiger partial charge on any atom is 0.219 e. The van der Waals surface area contributed by atoms with Crippen molar-refractivity contribution in [3.05, 3.63) is 42.1 Å². The number of methoxy groups -OCH3 is 1. The predicted octanol–water partition coefficient (Wildman–Crippen LogP) is 0.928. The molecule has 3 rings (SSSR count). The first-order chi connectivity index (χ1) is 11.6. The van der Waals surface area contributed by atoms with Gasteiger partial charge < -0.3 is 19.5 Å². The highest BCUT2D eigenvalue weighted by atomic mass is 16.5. The van der Waals surface area contributed by atoms with Gasteiger partial charge in [-0.3, -0.25) is 4.79 Å². The maximum atomic E-state index is 11.8. The number of imidazole rings is 1. The van der Waals surface area contributed by atoms with Crippen LogP contribution in [0.5, 0.6) is 5.88 Å². The summed E-state index contributed by atoms with van der Waals surface area (Å²) >= 11 is 0. The molecule has 0 aliphatic carbocycles. The van der Waals surface area contributed by atoms with E-state index < -0.39 is 0 Å². The van der Waals surface area contributed by atoms with Gasteiger partial charge in [-0.15, -0.1) is 0 Å². The number of hydrogen-bond acceptors (Lipinski definition) is 5. The summed E-state index contributed by atoms with van der Waals surface area (Å²) in [6.07, 6.45) is 3.82. The summed E-state index contributed by atoms with van der Waals surface area (Å²) in [5.41, 5.74) is 1.92. The van der Waals surface area contributed by atoms with Crippen molar-refractivity contribution in [3.63, 3.8) is 0 Å². The van der Waals surface area contributed by atoms with Gasteiger partial charge >= 0.3 is 0 Å². The third-order valence-corrected chi connectivity index (χ3v) is 4.41. The second-order valence-corrected chi connectivity index (χ2v) is 6.15. The van der Waals surface area contributed by atoms with E-state index in [9.17, 15) is 4.79 Å². The van der Waals surface area contributed by atoms with E-state index in [0.29, 0.717) is 25.5 Å². The normalized spacial score (nSPS) is 20.4. The molecule has 128 valence electrons. The van der Waals surface area contributed by atoms with Gasteiger partial charge in [0.1, 0.15) is 0 Å². The molecule has 1 aliphatic rings. The molecule has 0 radical (unpaired) electrons. The van der Waals surface area contributed by atoms with E-state index in [4.69, 9.17) is 4.74 Å². The number of likely N-dealkylation sites (tertiary alicyclic amines) is 1. The van der Waals surface area contributed by atoms with Crippen LogP contribution in [0.25, 0.3) is 0 Å². The van der Waals surface area contributed by atoms with Gasteiger partial charge in [-0.25, -0.2) is 9.97 Å². The van der Waals surface area contributed by atoms with Gasteiger partial charge in [0, 0.05) is 57.8 Å². The molecular weight excluding hydrogens is 306 g/mol. The Kier molecular flexibility index (Phi) is 4.80. The molecule has 0 aromatic carbocycles. The van der Waals surface area contributed by atoms with Crippen molar-refractivity contribution in [1.82, 2.24) is 24.8 Å². The van der Waals surface area contributed by atoms with Crippen molar-refractivity contribution in [3.8, 4) is 5.88 Å². The zero-order valence-corrected chi connectivity index (χ0v) is 14.3. The molecule has 2 aromatic rings. The highest BCUT2D eigenvalue weighted by Crippen LogP contribution is 2.27. The van der Waals surface area contributed by atoms with Crippen LogP contribution in [0.1, 0.15) is 24.2 Å². The van der Waals surface area contributed by atoms with Crippen molar-refractivity contribution < 1.29 is 9.53 Å². The topological polar surface area (TPSA) is 72.3 Å². The molecular formula is C17H23N5O2. The summed E-state index contributed by atoms with van der Waals surface area (Å²) < 4.78 is 7.10. The average molecular weight is 329 g/mol. The van der Waals surface area contributed by atoms with Gasteiger partial charge in [-0.2, -0.15) is 0 Å². The fourth-order valence-corrected chi connectivity index (χ4v) is 3.10.